The van der Waals surface area contributed by atoms with E-state index < -0.39 is 5.60 Å². The zero-order chi connectivity index (χ0) is 20.4. The number of hydrogen-bond acceptors (Lipinski definition) is 6. The molecule has 2 aromatic heterocycles. The van der Waals surface area contributed by atoms with Crippen molar-refractivity contribution in [3.63, 3.8) is 0 Å². The van der Waals surface area contributed by atoms with E-state index in [9.17, 15) is 9.90 Å². The van der Waals surface area contributed by atoms with Crippen LogP contribution in [0.15, 0.2) is 48.8 Å². The van der Waals surface area contributed by atoms with E-state index in [-0.39, 0.29) is 17.4 Å². The third-order valence-corrected chi connectivity index (χ3v) is 5.15. The first kappa shape index (κ1) is 19.1. The van der Waals surface area contributed by atoms with Gasteiger partial charge in [0.2, 0.25) is 0 Å². The Kier molecular flexibility index (Phi) is 5.07. The van der Waals surface area contributed by atoms with Crippen LogP contribution in [0.4, 0.5) is 0 Å². The van der Waals surface area contributed by atoms with E-state index in [2.05, 4.69) is 23.9 Å². The van der Waals surface area contributed by atoms with E-state index in [1.54, 1.807) is 24.5 Å². The van der Waals surface area contributed by atoms with Crippen molar-refractivity contribution in [2.24, 2.45) is 0 Å². The van der Waals surface area contributed by atoms with E-state index in [0.29, 0.717) is 31.7 Å². The molecule has 0 aliphatic carbocycles. The van der Waals surface area contributed by atoms with E-state index >= 15 is 0 Å². The second kappa shape index (κ2) is 7.67. The van der Waals surface area contributed by atoms with Crippen LogP contribution in [0.5, 0.6) is 11.5 Å². The van der Waals surface area contributed by atoms with Crippen LogP contribution >= 0.6 is 0 Å². The lowest BCUT2D eigenvalue weighted by Crippen LogP contribution is -2.35. The first-order valence-electron chi connectivity index (χ1n) is 9.59. The van der Waals surface area contributed by atoms with Gasteiger partial charge in [-0.05, 0) is 38.1 Å². The number of phenolic OH excluding ortho intramolecular Hbond substituents is 1. The van der Waals surface area contributed by atoms with Gasteiger partial charge in [-0.2, -0.15) is 5.10 Å². The third kappa shape index (κ3) is 3.38. The van der Waals surface area contributed by atoms with Crippen LogP contribution in [0.2, 0.25) is 0 Å². The topological polar surface area (TPSA) is 86.5 Å². The quantitative estimate of drug-likeness (QED) is 0.642. The van der Waals surface area contributed by atoms with Gasteiger partial charge in [0.25, 0.3) is 0 Å². The van der Waals surface area contributed by atoms with Crippen LogP contribution in [0.1, 0.15) is 42.2 Å². The number of carbonyl (C=O) groups is 1. The number of carbonyl (C=O) groups excluding carboxylic acids is 1. The molecule has 7 heteroatoms. The molecule has 1 atom stereocenters. The molecule has 1 aromatic carbocycles. The highest BCUT2D eigenvalue weighted by Crippen LogP contribution is 2.41. The maximum atomic E-state index is 11.5. The predicted molar refractivity (Wildman–Crippen MR) is 107 cm³/mol. The summed E-state index contributed by atoms with van der Waals surface area (Å²) in [6, 6.07) is 10.7. The molecule has 1 aliphatic heterocycles. The molecular formula is C22H23N3O4. The van der Waals surface area contributed by atoms with Crippen molar-refractivity contribution in [1.29, 1.82) is 0 Å². The molecule has 1 unspecified atom stereocenters. The average Bonchev–Trinajstić information content (AvgIpc) is 3.38. The molecule has 1 aliphatic rings. The van der Waals surface area contributed by atoms with Crippen molar-refractivity contribution in [2.45, 2.75) is 31.9 Å². The number of phenols is 1. The molecule has 0 spiro atoms. The number of benzene rings is 1. The van der Waals surface area contributed by atoms with Crippen LogP contribution in [0, 0.1) is 0 Å². The Bertz CT molecular complexity index is 1020. The second-order valence-electron chi connectivity index (χ2n) is 7.36. The number of pyridine rings is 1. The van der Waals surface area contributed by atoms with Crippen molar-refractivity contribution in [3.8, 4) is 22.9 Å². The summed E-state index contributed by atoms with van der Waals surface area (Å²) in [5.41, 5.74) is 1.80. The molecule has 0 amide bonds. The zero-order valence-corrected chi connectivity index (χ0v) is 16.4. The van der Waals surface area contributed by atoms with Crippen molar-refractivity contribution in [3.05, 3.63) is 59.9 Å². The lowest BCUT2D eigenvalue weighted by molar-refractivity contribution is 0.0468. The van der Waals surface area contributed by atoms with Crippen molar-refractivity contribution in [2.75, 3.05) is 13.2 Å². The van der Waals surface area contributed by atoms with Gasteiger partial charge in [0.15, 0.2) is 11.9 Å². The van der Waals surface area contributed by atoms with E-state index in [0.717, 1.165) is 17.0 Å². The Balaban J connectivity index is 1.85. The van der Waals surface area contributed by atoms with Crippen LogP contribution in [-0.4, -0.2) is 39.4 Å². The van der Waals surface area contributed by atoms with Gasteiger partial charge >= 0.3 is 0 Å². The Labute approximate surface area is 168 Å². The highest BCUT2D eigenvalue weighted by atomic mass is 16.6. The summed E-state index contributed by atoms with van der Waals surface area (Å²) in [4.78, 5) is 16.2. The maximum Gasteiger partial charge on any atom is 0.161 e. The number of ether oxygens (including phenoxy) is 2. The summed E-state index contributed by atoms with van der Waals surface area (Å²) in [5.74, 6) is 0.202. The summed E-state index contributed by atoms with van der Waals surface area (Å²) < 4.78 is 14.0. The first-order chi connectivity index (χ1) is 14.1. The first-order valence-corrected chi connectivity index (χ1v) is 9.59. The molecule has 0 bridgehead atoms. The minimum absolute atomic E-state index is 0.115. The number of aromatic nitrogens is 3. The normalized spacial score (nSPS) is 18.9. The lowest BCUT2D eigenvalue weighted by Gasteiger charge is -2.31. The zero-order valence-electron chi connectivity index (χ0n) is 16.4. The van der Waals surface area contributed by atoms with Gasteiger partial charge in [-0.3, -0.25) is 14.5 Å². The smallest absolute Gasteiger partial charge is 0.161 e. The molecule has 7 nitrogen and oxygen atoms in total. The van der Waals surface area contributed by atoms with Gasteiger partial charge < -0.3 is 14.6 Å². The van der Waals surface area contributed by atoms with Gasteiger partial charge in [-0.1, -0.05) is 12.1 Å². The fourth-order valence-corrected chi connectivity index (χ4v) is 3.73. The van der Waals surface area contributed by atoms with Crippen LogP contribution < -0.4 is 4.74 Å². The maximum absolute atomic E-state index is 11.5. The van der Waals surface area contributed by atoms with E-state index in [1.165, 1.54) is 6.07 Å². The van der Waals surface area contributed by atoms with Crippen LogP contribution in [0.25, 0.3) is 11.4 Å². The van der Waals surface area contributed by atoms with Crippen molar-refractivity contribution < 1.29 is 19.4 Å². The van der Waals surface area contributed by atoms with Crippen molar-refractivity contribution >= 4 is 6.29 Å². The molecule has 1 saturated heterocycles. The standard InChI is InChI=1S/C22H23N3O4/c1-15(2)25-18(8-11-24-25)21-17(5-4-10-23-21)22(9-12-28-14-22)29-20-7-3-6-19(27)16(20)13-26/h3-8,10-11,13,15,27H,9,12,14H2,1-2H3. The summed E-state index contributed by atoms with van der Waals surface area (Å²) in [6.07, 6.45) is 4.69. The molecule has 0 radical (unpaired) electrons. The second-order valence-corrected chi connectivity index (χ2v) is 7.36. The lowest BCUT2D eigenvalue weighted by atomic mass is 9.90. The molecule has 0 saturated carbocycles. The van der Waals surface area contributed by atoms with E-state index in [1.807, 2.05) is 22.9 Å². The molecule has 1 N–H and O–H groups in total. The SMILES string of the molecule is CC(C)n1nccc1-c1ncccc1C1(Oc2cccc(O)c2C=O)CCOC1. The molecule has 29 heavy (non-hydrogen) atoms. The van der Waals surface area contributed by atoms with Gasteiger partial charge in [0.1, 0.15) is 11.5 Å². The summed E-state index contributed by atoms with van der Waals surface area (Å²) in [6.45, 7) is 4.96. The Morgan fingerprint density at radius 3 is 2.83 bits per heavy atom. The minimum atomic E-state index is -0.832. The van der Waals surface area contributed by atoms with E-state index in [4.69, 9.17) is 9.47 Å². The van der Waals surface area contributed by atoms with Crippen LogP contribution in [-0.2, 0) is 10.3 Å². The number of rotatable bonds is 6. The molecular weight excluding hydrogens is 370 g/mol. The molecule has 150 valence electrons. The summed E-state index contributed by atoms with van der Waals surface area (Å²) in [5, 5.41) is 14.5. The molecule has 4 rings (SSSR count). The minimum Gasteiger partial charge on any atom is -0.507 e. The van der Waals surface area contributed by atoms with Crippen molar-refractivity contribution in [1.82, 2.24) is 14.8 Å². The summed E-state index contributed by atoms with van der Waals surface area (Å²) >= 11 is 0. The average molecular weight is 393 g/mol. The summed E-state index contributed by atoms with van der Waals surface area (Å²) in [7, 11) is 0. The monoisotopic (exact) mass is 393 g/mol. The Hall–Kier alpha value is -3.19. The van der Waals surface area contributed by atoms with Gasteiger partial charge in [0.05, 0.1) is 30.2 Å². The number of nitrogens with zero attached hydrogens (tertiary/aromatic N) is 3. The number of aromatic hydroxyl groups is 1. The number of aldehydes is 1. The fourth-order valence-electron chi connectivity index (χ4n) is 3.73. The van der Waals surface area contributed by atoms with Crippen LogP contribution in [0.3, 0.4) is 0 Å². The largest absolute Gasteiger partial charge is 0.507 e. The third-order valence-electron chi connectivity index (χ3n) is 5.15. The highest BCUT2D eigenvalue weighted by molar-refractivity contribution is 5.83. The Morgan fingerprint density at radius 1 is 1.24 bits per heavy atom. The van der Waals surface area contributed by atoms with Gasteiger partial charge in [-0.25, -0.2) is 0 Å². The molecule has 1 fully saturated rings. The predicted octanol–water partition coefficient (Wildman–Crippen LogP) is 3.74. The number of hydrogen-bond donors (Lipinski definition) is 1. The van der Waals surface area contributed by atoms with Gasteiger partial charge in [0, 0.05) is 30.4 Å². The molecule has 3 heterocycles. The fraction of sp³-hybridized carbons (Fsp3) is 0.318. The Morgan fingerprint density at radius 2 is 2.10 bits per heavy atom. The van der Waals surface area contributed by atoms with Gasteiger partial charge in [-0.15, -0.1) is 0 Å². The molecule has 3 aromatic rings. The highest BCUT2D eigenvalue weighted by Gasteiger charge is 2.42.